The second-order valence-corrected chi connectivity index (χ2v) is 9.57. The number of nitrogens with one attached hydrogen (secondary N) is 2. The fourth-order valence-corrected chi connectivity index (χ4v) is 5.99. The van der Waals surface area contributed by atoms with E-state index in [4.69, 9.17) is 0 Å². The molecule has 1 aromatic heterocycles. The van der Waals surface area contributed by atoms with E-state index in [2.05, 4.69) is 39.8 Å². The van der Waals surface area contributed by atoms with E-state index >= 15 is 0 Å². The lowest BCUT2D eigenvalue weighted by Gasteiger charge is -2.44. The van der Waals surface area contributed by atoms with Crippen molar-refractivity contribution in [3.05, 3.63) is 5.82 Å². The third kappa shape index (κ3) is 2.92. The van der Waals surface area contributed by atoms with Crippen LogP contribution in [0.1, 0.15) is 64.2 Å². The average Bonchev–Trinajstić information content (AvgIpc) is 3.18. The molecular weight excluding hydrogens is 340 g/mol. The SMILES string of the molecule is CC1(C)S[C@H]2C(NC(=O)CC3CCCCC3)C(=O)N2C1c1nnn[nH]1. The fourth-order valence-electron chi connectivity index (χ4n) is 4.36. The van der Waals surface area contributed by atoms with Gasteiger partial charge in [0.05, 0.1) is 0 Å². The molecule has 0 radical (unpaired) electrons. The molecule has 8 nitrogen and oxygen atoms in total. The van der Waals surface area contributed by atoms with E-state index in [1.165, 1.54) is 19.3 Å². The van der Waals surface area contributed by atoms with Crippen LogP contribution in [-0.2, 0) is 9.59 Å². The van der Waals surface area contributed by atoms with Gasteiger partial charge in [0, 0.05) is 11.2 Å². The van der Waals surface area contributed by atoms with Gasteiger partial charge in [-0.1, -0.05) is 19.3 Å². The van der Waals surface area contributed by atoms with Gasteiger partial charge in [0.1, 0.15) is 17.5 Å². The summed E-state index contributed by atoms with van der Waals surface area (Å²) in [6, 6.07) is -0.627. The minimum absolute atomic E-state index is 0.00749. The zero-order valence-corrected chi connectivity index (χ0v) is 15.4. The smallest absolute Gasteiger partial charge is 0.249 e. The number of thioether (sulfide) groups is 1. The number of aromatic nitrogens is 4. The van der Waals surface area contributed by atoms with E-state index in [1.54, 1.807) is 16.7 Å². The summed E-state index contributed by atoms with van der Waals surface area (Å²) in [7, 11) is 0. The maximum absolute atomic E-state index is 12.7. The van der Waals surface area contributed by atoms with Crippen molar-refractivity contribution in [1.82, 2.24) is 30.8 Å². The first-order chi connectivity index (χ1) is 12.0. The predicted octanol–water partition coefficient (Wildman–Crippen LogP) is 1.39. The molecule has 2 unspecified atom stereocenters. The lowest BCUT2D eigenvalue weighted by Crippen LogP contribution is -2.68. The summed E-state index contributed by atoms with van der Waals surface area (Å²) in [6.45, 7) is 4.16. The molecule has 2 amide bonds. The molecule has 2 aliphatic heterocycles. The van der Waals surface area contributed by atoms with Gasteiger partial charge in [-0.05, 0) is 43.0 Å². The van der Waals surface area contributed by atoms with E-state index in [1.807, 2.05) is 0 Å². The first-order valence-corrected chi connectivity index (χ1v) is 9.88. The lowest BCUT2D eigenvalue weighted by atomic mass is 9.86. The van der Waals surface area contributed by atoms with Crippen molar-refractivity contribution in [3.63, 3.8) is 0 Å². The van der Waals surface area contributed by atoms with Crippen LogP contribution in [0.15, 0.2) is 0 Å². The van der Waals surface area contributed by atoms with Crippen LogP contribution in [0.5, 0.6) is 0 Å². The summed E-state index contributed by atoms with van der Waals surface area (Å²) in [5.41, 5.74) is 0. The first-order valence-electron chi connectivity index (χ1n) is 9.00. The van der Waals surface area contributed by atoms with Gasteiger partial charge in [0.25, 0.3) is 0 Å². The van der Waals surface area contributed by atoms with E-state index in [-0.39, 0.29) is 28.0 Å². The van der Waals surface area contributed by atoms with Crippen LogP contribution in [0, 0.1) is 5.92 Å². The quantitative estimate of drug-likeness (QED) is 0.783. The average molecular weight is 364 g/mol. The Morgan fingerprint density at radius 2 is 2.12 bits per heavy atom. The molecule has 3 heterocycles. The normalized spacial score (nSPS) is 31.5. The molecular formula is C16H24N6O2S. The molecule has 0 aromatic carbocycles. The minimum atomic E-state index is -0.429. The number of tetrazole rings is 1. The highest BCUT2D eigenvalue weighted by atomic mass is 32.2. The molecule has 4 rings (SSSR count). The van der Waals surface area contributed by atoms with E-state index in [9.17, 15) is 9.59 Å². The van der Waals surface area contributed by atoms with E-state index in [0.717, 1.165) is 12.8 Å². The van der Waals surface area contributed by atoms with Crippen LogP contribution in [0.4, 0.5) is 0 Å². The van der Waals surface area contributed by atoms with Crippen molar-refractivity contribution in [2.24, 2.45) is 5.92 Å². The molecule has 9 heteroatoms. The molecule has 2 N–H and O–H groups in total. The summed E-state index contributed by atoms with van der Waals surface area (Å²) in [4.78, 5) is 26.9. The van der Waals surface area contributed by atoms with Gasteiger partial charge < -0.3 is 10.2 Å². The molecule has 1 aromatic rings. The highest BCUT2D eigenvalue weighted by Gasteiger charge is 2.63. The standard InChI is InChI=1S/C16H24N6O2S/c1-16(2)12(13-18-20-21-19-13)22-14(24)11(15(22)25-16)17-10(23)8-9-6-4-3-5-7-9/h9,11-12,15H,3-8H2,1-2H3,(H,17,23)(H,18,19,20,21)/t11?,12?,15-/m0/s1. The van der Waals surface area contributed by atoms with Crippen LogP contribution < -0.4 is 5.32 Å². The number of aromatic amines is 1. The maximum atomic E-state index is 12.7. The number of rotatable bonds is 4. The van der Waals surface area contributed by atoms with Crippen molar-refractivity contribution in [2.75, 3.05) is 0 Å². The number of amides is 2. The predicted molar refractivity (Wildman–Crippen MR) is 92.3 cm³/mol. The fraction of sp³-hybridized carbons (Fsp3) is 0.812. The van der Waals surface area contributed by atoms with Gasteiger partial charge in [-0.2, -0.15) is 0 Å². The van der Waals surface area contributed by atoms with Crippen molar-refractivity contribution in [1.29, 1.82) is 0 Å². The molecule has 1 aliphatic carbocycles. The van der Waals surface area contributed by atoms with Gasteiger partial charge in [-0.3, -0.25) is 9.59 Å². The molecule has 3 aliphatic rings. The Morgan fingerprint density at radius 1 is 1.36 bits per heavy atom. The molecule has 136 valence electrons. The largest absolute Gasteiger partial charge is 0.342 e. The number of carbonyl (C=O) groups excluding carboxylic acids is 2. The van der Waals surface area contributed by atoms with Crippen molar-refractivity contribution < 1.29 is 9.59 Å². The number of fused-ring (bicyclic) bond motifs is 1. The monoisotopic (exact) mass is 364 g/mol. The number of H-pyrrole nitrogens is 1. The highest BCUT2D eigenvalue weighted by molar-refractivity contribution is 8.01. The molecule has 0 bridgehead atoms. The number of carbonyl (C=O) groups is 2. The maximum Gasteiger partial charge on any atom is 0.249 e. The number of hydrogen-bond acceptors (Lipinski definition) is 6. The van der Waals surface area contributed by atoms with Crippen molar-refractivity contribution in [2.45, 2.75) is 74.6 Å². The summed E-state index contributed by atoms with van der Waals surface area (Å²) in [6.07, 6.45) is 6.51. The van der Waals surface area contributed by atoms with E-state index in [0.29, 0.717) is 18.2 Å². The van der Waals surface area contributed by atoms with Crippen molar-refractivity contribution in [3.8, 4) is 0 Å². The van der Waals surface area contributed by atoms with Crippen LogP contribution in [0.2, 0.25) is 0 Å². The summed E-state index contributed by atoms with van der Waals surface area (Å²) in [5.74, 6) is 1.04. The molecule has 3 atom stereocenters. The Hall–Kier alpha value is -1.64. The number of nitrogens with zero attached hydrogens (tertiary/aromatic N) is 4. The molecule has 3 fully saturated rings. The Kier molecular flexibility index (Phi) is 4.21. The first kappa shape index (κ1) is 16.8. The molecule has 1 saturated carbocycles. The Labute approximate surface area is 150 Å². The zero-order valence-electron chi connectivity index (χ0n) is 14.6. The van der Waals surface area contributed by atoms with Gasteiger partial charge in [-0.15, -0.1) is 16.9 Å². The summed E-state index contributed by atoms with van der Waals surface area (Å²) >= 11 is 1.70. The second-order valence-electron chi connectivity index (χ2n) is 7.80. The van der Waals surface area contributed by atoms with Crippen molar-refractivity contribution >= 4 is 23.6 Å². The van der Waals surface area contributed by atoms with Gasteiger partial charge in [0.2, 0.25) is 11.8 Å². The number of hydrogen-bond donors (Lipinski definition) is 2. The third-order valence-electron chi connectivity index (χ3n) is 5.58. The topological polar surface area (TPSA) is 104 Å². The van der Waals surface area contributed by atoms with Gasteiger partial charge >= 0.3 is 0 Å². The van der Waals surface area contributed by atoms with Gasteiger partial charge in [-0.25, -0.2) is 5.10 Å². The van der Waals surface area contributed by atoms with Gasteiger partial charge in [0.15, 0.2) is 5.82 Å². The van der Waals surface area contributed by atoms with Crippen LogP contribution in [0.3, 0.4) is 0 Å². The Balaban J connectivity index is 1.41. The lowest BCUT2D eigenvalue weighted by molar-refractivity contribution is -0.152. The van der Waals surface area contributed by atoms with Crippen LogP contribution in [0.25, 0.3) is 0 Å². The highest BCUT2D eigenvalue weighted by Crippen LogP contribution is 2.56. The Morgan fingerprint density at radius 3 is 2.80 bits per heavy atom. The summed E-state index contributed by atoms with van der Waals surface area (Å²) < 4.78 is -0.218. The molecule has 25 heavy (non-hydrogen) atoms. The minimum Gasteiger partial charge on any atom is -0.342 e. The van der Waals surface area contributed by atoms with E-state index < -0.39 is 6.04 Å². The van der Waals surface area contributed by atoms with Crippen LogP contribution >= 0.6 is 11.8 Å². The Bertz CT molecular complexity index is 658. The summed E-state index contributed by atoms with van der Waals surface area (Å²) in [5, 5.41) is 17.0. The second kappa shape index (κ2) is 6.26. The van der Waals surface area contributed by atoms with Crippen LogP contribution in [-0.4, -0.2) is 53.5 Å². The number of β-lactam (4-membered cyclic amide) rings is 1. The third-order valence-corrected chi connectivity index (χ3v) is 7.15. The molecule has 0 spiro atoms. The zero-order chi connectivity index (χ0) is 17.6. The molecule has 2 saturated heterocycles.